The van der Waals surface area contributed by atoms with E-state index in [0.29, 0.717) is 54.5 Å². The molecule has 4 rings (SSSR count). The Labute approximate surface area is 183 Å². The van der Waals surface area contributed by atoms with Gasteiger partial charge < -0.3 is 24.3 Å². The predicted octanol–water partition coefficient (Wildman–Crippen LogP) is 0.172. The zero-order valence-electron chi connectivity index (χ0n) is 18.0. The lowest BCUT2D eigenvalue weighted by Gasteiger charge is -2.33. The molecule has 1 fully saturated rings. The van der Waals surface area contributed by atoms with Gasteiger partial charge in [0, 0.05) is 46.4 Å². The molecule has 1 aliphatic heterocycles. The number of Topliss-reactive ketones (excluding diaryl/α,β-unsaturated/α-hetero) is 1. The summed E-state index contributed by atoms with van der Waals surface area (Å²) in [7, 11) is 3.01. The maximum atomic E-state index is 13.1. The van der Waals surface area contributed by atoms with Crippen LogP contribution in [-0.4, -0.2) is 92.5 Å². The highest BCUT2D eigenvalue weighted by molar-refractivity contribution is 6.45. The first-order valence-electron chi connectivity index (χ1n) is 9.97. The number of methoxy groups -OCH3 is 2. The summed E-state index contributed by atoms with van der Waals surface area (Å²) in [5.41, 5.74) is 0.660. The van der Waals surface area contributed by atoms with Crippen molar-refractivity contribution in [1.29, 1.82) is 0 Å². The van der Waals surface area contributed by atoms with Gasteiger partial charge in [0.1, 0.15) is 18.7 Å². The van der Waals surface area contributed by atoms with E-state index in [0.717, 1.165) is 0 Å². The summed E-state index contributed by atoms with van der Waals surface area (Å²) in [5.74, 6) is -0.121. The molecule has 4 heterocycles. The minimum atomic E-state index is -0.665. The second kappa shape index (κ2) is 8.75. The molecule has 0 unspecified atom stereocenters. The van der Waals surface area contributed by atoms with Crippen LogP contribution in [0.3, 0.4) is 0 Å². The smallest absolute Gasteiger partial charge is 0.295 e. The summed E-state index contributed by atoms with van der Waals surface area (Å²) in [6, 6.07) is 0. The van der Waals surface area contributed by atoms with E-state index in [9.17, 15) is 14.4 Å². The molecule has 168 valence electrons. The molecule has 0 saturated carbocycles. The molecule has 0 spiro atoms. The van der Waals surface area contributed by atoms with E-state index in [2.05, 4.69) is 20.1 Å². The second-order valence-corrected chi connectivity index (χ2v) is 7.27. The van der Waals surface area contributed by atoms with Crippen LogP contribution in [-0.2, 0) is 20.9 Å². The van der Waals surface area contributed by atoms with Crippen LogP contribution in [0.15, 0.2) is 18.7 Å². The first-order valence-corrected chi connectivity index (χ1v) is 9.97. The van der Waals surface area contributed by atoms with Crippen molar-refractivity contribution in [3.8, 4) is 11.6 Å². The van der Waals surface area contributed by atoms with Gasteiger partial charge in [-0.3, -0.25) is 14.4 Å². The zero-order chi connectivity index (χ0) is 22.8. The Morgan fingerprint density at radius 1 is 1.09 bits per heavy atom. The number of piperazine rings is 1. The van der Waals surface area contributed by atoms with Gasteiger partial charge in [-0.1, -0.05) is 0 Å². The first-order chi connectivity index (χ1) is 15.4. The Balaban J connectivity index is 1.66. The number of pyridine rings is 1. The fourth-order valence-corrected chi connectivity index (χ4v) is 3.69. The van der Waals surface area contributed by atoms with Crippen LogP contribution in [0.25, 0.3) is 16.7 Å². The van der Waals surface area contributed by atoms with Crippen molar-refractivity contribution in [2.24, 2.45) is 0 Å². The number of hydrogen-bond acceptors (Lipinski definition) is 8. The third-order valence-corrected chi connectivity index (χ3v) is 5.36. The van der Waals surface area contributed by atoms with Gasteiger partial charge in [-0.15, -0.1) is 5.10 Å². The molecule has 2 amide bonds. The maximum Gasteiger partial charge on any atom is 0.295 e. The average molecular weight is 441 g/mol. The Hall–Kier alpha value is -3.80. The van der Waals surface area contributed by atoms with Crippen molar-refractivity contribution in [1.82, 2.24) is 34.5 Å². The first kappa shape index (κ1) is 21.4. The molecule has 3 aromatic heterocycles. The van der Waals surface area contributed by atoms with Gasteiger partial charge in [0.25, 0.3) is 11.7 Å². The minimum Gasteiger partial charge on any atom is -0.494 e. The maximum absolute atomic E-state index is 13.1. The number of fused-ring (bicyclic) bond motifs is 1. The summed E-state index contributed by atoms with van der Waals surface area (Å²) in [6.45, 7) is 3.13. The van der Waals surface area contributed by atoms with E-state index >= 15 is 0 Å². The van der Waals surface area contributed by atoms with Crippen LogP contribution in [0, 0.1) is 0 Å². The van der Waals surface area contributed by atoms with Crippen LogP contribution in [0.5, 0.6) is 5.75 Å². The third kappa shape index (κ3) is 3.80. The molecule has 3 aromatic rings. The molecule has 1 N–H and O–H groups in total. The highest BCUT2D eigenvalue weighted by Gasteiger charge is 2.30. The molecular formula is C20H23N7O5. The van der Waals surface area contributed by atoms with E-state index < -0.39 is 11.7 Å². The molecule has 12 nitrogen and oxygen atoms in total. The van der Waals surface area contributed by atoms with E-state index in [1.54, 1.807) is 12.0 Å². The molecular weight excluding hydrogens is 418 g/mol. The summed E-state index contributed by atoms with van der Waals surface area (Å²) in [6.07, 6.45) is 4.43. The lowest BCUT2D eigenvalue weighted by molar-refractivity contribution is -0.135. The molecule has 0 radical (unpaired) electrons. The monoisotopic (exact) mass is 441 g/mol. The number of carbonyl (C=O) groups is 3. The van der Waals surface area contributed by atoms with E-state index in [1.807, 2.05) is 0 Å². The predicted molar refractivity (Wildman–Crippen MR) is 111 cm³/mol. The summed E-state index contributed by atoms with van der Waals surface area (Å²) in [4.78, 5) is 52.2. The van der Waals surface area contributed by atoms with Crippen molar-refractivity contribution in [3.63, 3.8) is 0 Å². The molecule has 0 aromatic carbocycles. The number of hydrogen-bond donors (Lipinski definition) is 1. The number of rotatable bonds is 6. The van der Waals surface area contributed by atoms with Crippen LogP contribution in [0.4, 0.5) is 0 Å². The zero-order valence-corrected chi connectivity index (χ0v) is 18.0. The lowest BCUT2D eigenvalue weighted by Crippen LogP contribution is -2.51. The Kier molecular flexibility index (Phi) is 5.86. The fourth-order valence-electron chi connectivity index (χ4n) is 3.69. The van der Waals surface area contributed by atoms with E-state index in [1.165, 1.54) is 42.3 Å². The van der Waals surface area contributed by atoms with Gasteiger partial charge in [-0.05, 0) is 0 Å². The minimum absolute atomic E-state index is 0.0495. The van der Waals surface area contributed by atoms with Gasteiger partial charge in [-0.25, -0.2) is 14.6 Å². The molecule has 12 heteroatoms. The van der Waals surface area contributed by atoms with Crippen molar-refractivity contribution < 1.29 is 23.9 Å². The topological polar surface area (TPSA) is 136 Å². The number of nitrogens with one attached hydrogen (secondary N) is 1. The Morgan fingerprint density at radius 3 is 2.47 bits per heavy atom. The van der Waals surface area contributed by atoms with Crippen LogP contribution in [0.2, 0.25) is 0 Å². The number of nitrogens with zero attached hydrogens (tertiary/aromatic N) is 6. The van der Waals surface area contributed by atoms with Gasteiger partial charge in [0.2, 0.25) is 5.91 Å². The SMILES string of the molecule is COCc1ncn(-c2ncc(OC)c3c(C(=O)C(=O)N4CCN(C(C)=O)CC4)c[nH]c23)n1. The van der Waals surface area contributed by atoms with Gasteiger partial charge in [0.15, 0.2) is 11.6 Å². The number of H-pyrrole nitrogens is 1. The molecule has 0 bridgehead atoms. The number of amides is 2. The van der Waals surface area contributed by atoms with Gasteiger partial charge >= 0.3 is 0 Å². The van der Waals surface area contributed by atoms with Crippen molar-refractivity contribution in [2.45, 2.75) is 13.5 Å². The molecule has 0 aliphatic carbocycles. The van der Waals surface area contributed by atoms with Crippen LogP contribution < -0.4 is 4.74 Å². The number of carbonyl (C=O) groups excluding carboxylic acids is 3. The summed E-state index contributed by atoms with van der Waals surface area (Å²) < 4.78 is 11.9. The second-order valence-electron chi connectivity index (χ2n) is 7.27. The third-order valence-electron chi connectivity index (χ3n) is 5.36. The highest BCUT2D eigenvalue weighted by atomic mass is 16.5. The fraction of sp³-hybridized carbons (Fsp3) is 0.400. The molecule has 0 atom stereocenters. The molecule has 1 saturated heterocycles. The normalized spacial score (nSPS) is 14.1. The Bertz CT molecular complexity index is 1180. The van der Waals surface area contributed by atoms with Gasteiger partial charge in [0.05, 0.1) is 29.8 Å². The van der Waals surface area contributed by atoms with E-state index in [-0.39, 0.29) is 18.1 Å². The number of aromatic amines is 1. The molecule has 32 heavy (non-hydrogen) atoms. The van der Waals surface area contributed by atoms with Crippen LogP contribution >= 0.6 is 0 Å². The van der Waals surface area contributed by atoms with Crippen molar-refractivity contribution >= 4 is 28.5 Å². The van der Waals surface area contributed by atoms with Crippen molar-refractivity contribution in [3.05, 3.63) is 30.1 Å². The van der Waals surface area contributed by atoms with Crippen LogP contribution in [0.1, 0.15) is 23.1 Å². The largest absolute Gasteiger partial charge is 0.494 e. The number of ether oxygens (including phenoxy) is 2. The quantitative estimate of drug-likeness (QED) is 0.422. The molecule has 1 aliphatic rings. The van der Waals surface area contributed by atoms with Crippen molar-refractivity contribution in [2.75, 3.05) is 40.4 Å². The summed E-state index contributed by atoms with van der Waals surface area (Å²) >= 11 is 0. The number of ketones is 1. The summed E-state index contributed by atoms with van der Waals surface area (Å²) in [5, 5.41) is 4.76. The average Bonchev–Trinajstić information content (AvgIpc) is 3.45. The van der Waals surface area contributed by atoms with E-state index in [4.69, 9.17) is 9.47 Å². The number of aromatic nitrogens is 5. The van der Waals surface area contributed by atoms with Gasteiger partial charge in [-0.2, -0.15) is 0 Å². The Morgan fingerprint density at radius 2 is 1.81 bits per heavy atom. The lowest BCUT2D eigenvalue weighted by atomic mass is 10.1. The standard InChI is InChI=1S/C20H23N7O5/c1-12(28)25-4-6-26(7-5-25)20(30)18(29)13-8-21-17-16(13)14(32-3)9-22-19(17)27-11-23-15(24-27)10-31-2/h8-9,11,21H,4-7,10H2,1-3H3. The highest BCUT2D eigenvalue weighted by Crippen LogP contribution is 2.31.